The first-order valence-electron chi connectivity index (χ1n) is 5.94. The van der Waals surface area contributed by atoms with Gasteiger partial charge in [-0.05, 0) is 33.0 Å². The van der Waals surface area contributed by atoms with E-state index in [-0.39, 0.29) is 0 Å². The molecule has 0 spiro atoms. The molecule has 0 aromatic carbocycles. The number of aromatic nitrogens is 3. The fourth-order valence-corrected chi connectivity index (χ4v) is 1.68. The minimum absolute atomic E-state index is 0.421. The number of alkyl carbamates (subject to hydrolysis) is 1. The van der Waals surface area contributed by atoms with Crippen LogP contribution in [0.3, 0.4) is 0 Å². The number of carbonyl (C=O) groups is 1. The maximum atomic E-state index is 11.4. The molecule has 0 aliphatic rings. The highest BCUT2D eigenvalue weighted by atomic mass is 32.1. The Morgan fingerprint density at radius 2 is 2.22 bits per heavy atom. The Labute approximate surface area is 112 Å². The lowest BCUT2D eigenvalue weighted by Gasteiger charge is -2.19. The summed E-state index contributed by atoms with van der Waals surface area (Å²) in [6.07, 6.45) is 0.370. The van der Waals surface area contributed by atoms with E-state index in [0.717, 1.165) is 12.2 Å². The van der Waals surface area contributed by atoms with Crippen molar-refractivity contribution in [3.63, 3.8) is 0 Å². The van der Waals surface area contributed by atoms with Crippen LogP contribution in [0.15, 0.2) is 0 Å². The summed E-state index contributed by atoms with van der Waals surface area (Å²) in [6.45, 7) is 8.52. The molecule has 0 bridgehead atoms. The van der Waals surface area contributed by atoms with Gasteiger partial charge in [0.2, 0.25) is 0 Å². The summed E-state index contributed by atoms with van der Waals surface area (Å²) in [5.41, 5.74) is -0.482. The quantitative estimate of drug-likeness (QED) is 0.823. The molecule has 6 nitrogen and oxygen atoms in total. The zero-order valence-corrected chi connectivity index (χ0v) is 12.1. The number of hydrogen-bond donors (Lipinski definition) is 2. The third-order valence-corrected chi connectivity index (χ3v) is 2.47. The number of ether oxygens (including phenoxy) is 1. The Balaban J connectivity index is 2.45. The third-order valence-electron chi connectivity index (χ3n) is 2.16. The average molecular weight is 272 g/mol. The van der Waals surface area contributed by atoms with E-state index in [4.69, 9.17) is 17.0 Å². The Bertz CT molecular complexity index is 458. The van der Waals surface area contributed by atoms with Gasteiger partial charge in [0, 0.05) is 19.5 Å². The number of rotatable bonds is 4. The molecule has 0 unspecified atom stereocenters. The van der Waals surface area contributed by atoms with E-state index in [9.17, 15) is 4.79 Å². The lowest BCUT2D eigenvalue weighted by Crippen LogP contribution is -2.34. The van der Waals surface area contributed by atoms with Crippen molar-refractivity contribution >= 4 is 18.3 Å². The van der Waals surface area contributed by atoms with Crippen molar-refractivity contribution in [3.05, 3.63) is 10.6 Å². The highest BCUT2D eigenvalue weighted by molar-refractivity contribution is 7.71. The zero-order chi connectivity index (χ0) is 13.8. The second-order valence-electron chi connectivity index (χ2n) is 4.88. The van der Waals surface area contributed by atoms with E-state index in [2.05, 4.69) is 15.5 Å². The van der Waals surface area contributed by atoms with Crippen molar-refractivity contribution in [1.29, 1.82) is 0 Å². The van der Waals surface area contributed by atoms with Crippen molar-refractivity contribution in [3.8, 4) is 0 Å². The summed E-state index contributed by atoms with van der Waals surface area (Å²) in [6, 6.07) is 0. The highest BCUT2D eigenvalue weighted by Gasteiger charge is 2.15. The van der Waals surface area contributed by atoms with E-state index in [1.807, 2.05) is 32.3 Å². The molecule has 0 saturated heterocycles. The Morgan fingerprint density at radius 3 is 2.78 bits per heavy atom. The summed E-state index contributed by atoms with van der Waals surface area (Å²) >= 11 is 5.11. The Hall–Kier alpha value is -1.37. The minimum atomic E-state index is -0.482. The van der Waals surface area contributed by atoms with Crippen LogP contribution in [0.5, 0.6) is 0 Å². The summed E-state index contributed by atoms with van der Waals surface area (Å²) in [5.74, 6) is 0.881. The van der Waals surface area contributed by atoms with Crippen molar-refractivity contribution < 1.29 is 9.53 Å². The molecule has 1 heterocycles. The zero-order valence-electron chi connectivity index (χ0n) is 11.2. The molecule has 102 valence electrons. The molecule has 1 aromatic rings. The lowest BCUT2D eigenvalue weighted by molar-refractivity contribution is 0.0526. The molecular weight excluding hydrogens is 252 g/mol. The number of aromatic amines is 1. The maximum absolute atomic E-state index is 11.4. The predicted molar refractivity (Wildman–Crippen MR) is 71.0 cm³/mol. The van der Waals surface area contributed by atoms with Crippen molar-refractivity contribution in [2.75, 3.05) is 6.54 Å². The van der Waals surface area contributed by atoms with Gasteiger partial charge in [0.1, 0.15) is 11.4 Å². The molecule has 0 saturated carbocycles. The fourth-order valence-electron chi connectivity index (χ4n) is 1.43. The van der Waals surface area contributed by atoms with Crippen LogP contribution in [0, 0.1) is 4.77 Å². The Morgan fingerprint density at radius 1 is 1.56 bits per heavy atom. The van der Waals surface area contributed by atoms with Crippen LogP contribution in [0.4, 0.5) is 4.79 Å². The minimum Gasteiger partial charge on any atom is -0.444 e. The molecule has 1 aromatic heterocycles. The summed E-state index contributed by atoms with van der Waals surface area (Å²) in [7, 11) is 0. The molecule has 18 heavy (non-hydrogen) atoms. The van der Waals surface area contributed by atoms with Crippen LogP contribution >= 0.6 is 12.2 Å². The van der Waals surface area contributed by atoms with Crippen LogP contribution in [0.1, 0.15) is 33.5 Å². The molecule has 1 rings (SSSR count). The molecule has 7 heteroatoms. The van der Waals surface area contributed by atoms with Gasteiger partial charge in [-0.3, -0.25) is 5.10 Å². The van der Waals surface area contributed by atoms with Crippen LogP contribution in [0.2, 0.25) is 0 Å². The first kappa shape index (κ1) is 14.7. The fraction of sp³-hybridized carbons (Fsp3) is 0.727. The van der Waals surface area contributed by atoms with Crippen LogP contribution < -0.4 is 5.32 Å². The molecule has 0 radical (unpaired) electrons. The van der Waals surface area contributed by atoms with Gasteiger partial charge in [-0.15, -0.1) is 0 Å². The van der Waals surface area contributed by atoms with Gasteiger partial charge in [-0.25, -0.2) is 4.79 Å². The third kappa shape index (κ3) is 4.48. The molecule has 1 amide bonds. The van der Waals surface area contributed by atoms with Gasteiger partial charge in [-0.1, -0.05) is 6.92 Å². The molecule has 2 N–H and O–H groups in total. The monoisotopic (exact) mass is 272 g/mol. The van der Waals surface area contributed by atoms with E-state index in [1.165, 1.54) is 0 Å². The van der Waals surface area contributed by atoms with Gasteiger partial charge in [0.15, 0.2) is 4.77 Å². The maximum Gasteiger partial charge on any atom is 0.407 e. The number of hydrogen-bond acceptors (Lipinski definition) is 4. The number of carbonyl (C=O) groups excluding carboxylic acids is 1. The van der Waals surface area contributed by atoms with Gasteiger partial charge < -0.3 is 14.6 Å². The van der Waals surface area contributed by atoms with Crippen molar-refractivity contribution in [2.45, 2.75) is 46.3 Å². The van der Waals surface area contributed by atoms with E-state index >= 15 is 0 Å². The van der Waals surface area contributed by atoms with Crippen LogP contribution in [0.25, 0.3) is 0 Å². The average Bonchev–Trinajstić information content (AvgIpc) is 2.57. The first-order chi connectivity index (χ1) is 8.33. The van der Waals surface area contributed by atoms with Crippen LogP contribution in [-0.2, 0) is 17.7 Å². The van der Waals surface area contributed by atoms with E-state index in [1.54, 1.807) is 0 Å². The van der Waals surface area contributed by atoms with E-state index < -0.39 is 11.7 Å². The molecular formula is C11H20N4O2S. The van der Waals surface area contributed by atoms with Gasteiger partial charge in [-0.2, -0.15) is 5.10 Å². The summed E-state index contributed by atoms with van der Waals surface area (Å²) < 4.78 is 7.57. The normalized spacial score (nSPS) is 11.3. The first-order valence-corrected chi connectivity index (χ1v) is 6.35. The number of amides is 1. The van der Waals surface area contributed by atoms with Crippen molar-refractivity contribution in [1.82, 2.24) is 20.1 Å². The number of nitrogens with zero attached hydrogens (tertiary/aromatic N) is 2. The molecule has 0 fully saturated rings. The van der Waals surface area contributed by atoms with E-state index in [0.29, 0.717) is 17.9 Å². The topological polar surface area (TPSA) is 71.9 Å². The molecule has 0 atom stereocenters. The summed E-state index contributed by atoms with van der Waals surface area (Å²) in [5, 5.41) is 9.52. The standard InChI is InChI=1S/C11H20N4O2S/c1-5-8-13-14-9(18)15(8)7-6-12-10(16)17-11(2,3)4/h5-7H2,1-4H3,(H,12,16)(H,14,18). The number of nitrogens with one attached hydrogen (secondary N) is 2. The molecule has 0 aliphatic heterocycles. The number of aryl methyl sites for hydroxylation is 1. The highest BCUT2D eigenvalue weighted by Crippen LogP contribution is 2.06. The SMILES string of the molecule is CCc1n[nH]c(=S)n1CCNC(=O)OC(C)(C)C. The van der Waals surface area contributed by atoms with Gasteiger partial charge >= 0.3 is 6.09 Å². The summed E-state index contributed by atoms with van der Waals surface area (Å²) in [4.78, 5) is 11.4. The second-order valence-corrected chi connectivity index (χ2v) is 5.27. The van der Waals surface area contributed by atoms with Gasteiger partial charge in [0.05, 0.1) is 0 Å². The number of H-pyrrole nitrogens is 1. The second kappa shape index (κ2) is 5.99. The van der Waals surface area contributed by atoms with Gasteiger partial charge in [0.25, 0.3) is 0 Å². The van der Waals surface area contributed by atoms with Crippen molar-refractivity contribution in [2.24, 2.45) is 0 Å². The molecule has 0 aliphatic carbocycles. The van der Waals surface area contributed by atoms with Crippen LogP contribution in [-0.4, -0.2) is 33.0 Å². The Kier molecular flexibility index (Phi) is 4.89. The predicted octanol–water partition coefficient (Wildman–Crippen LogP) is 2.03. The lowest BCUT2D eigenvalue weighted by atomic mass is 10.2. The smallest absolute Gasteiger partial charge is 0.407 e. The largest absolute Gasteiger partial charge is 0.444 e.